The molecule has 0 radical (unpaired) electrons. The molecule has 120 valence electrons. The summed E-state index contributed by atoms with van der Waals surface area (Å²) in [4.78, 5) is 10.6. The van der Waals surface area contributed by atoms with Crippen molar-refractivity contribution in [3.05, 3.63) is 54.1 Å². The monoisotopic (exact) mass is 307 g/mol. The summed E-state index contributed by atoms with van der Waals surface area (Å²) in [6.45, 7) is 9.97. The van der Waals surface area contributed by atoms with Crippen molar-refractivity contribution in [3.63, 3.8) is 0 Å². The quantitative estimate of drug-likeness (QED) is 0.731. The zero-order chi connectivity index (χ0) is 16.4. The number of benzene rings is 2. The summed E-state index contributed by atoms with van der Waals surface area (Å²) in [5.74, 6) is 0.939. The zero-order valence-corrected chi connectivity index (χ0v) is 14.4. The van der Waals surface area contributed by atoms with Crippen molar-refractivity contribution >= 4 is 11.0 Å². The smallest absolute Gasteiger partial charge is 0.138 e. The Hall–Kier alpha value is -2.13. The number of hydrogen-bond acceptors (Lipinski definition) is 2. The fraction of sp³-hybridized carbons (Fsp3) is 0.350. The number of aromatic amines is 1. The normalized spacial score (nSPS) is 12.0. The number of nitrogens with one attached hydrogen (secondary N) is 1. The van der Waals surface area contributed by atoms with Gasteiger partial charge in [0, 0.05) is 24.2 Å². The Bertz CT molecular complexity index is 745. The number of fused-ring (bicyclic) bond motifs is 1. The lowest BCUT2D eigenvalue weighted by atomic mass is 10.1. The van der Waals surface area contributed by atoms with Crippen LogP contribution in [0.15, 0.2) is 48.5 Å². The molecule has 0 spiro atoms. The third kappa shape index (κ3) is 3.45. The predicted molar refractivity (Wildman–Crippen MR) is 97.3 cm³/mol. The first-order valence-corrected chi connectivity index (χ1v) is 8.34. The fourth-order valence-corrected chi connectivity index (χ4v) is 3.08. The Morgan fingerprint density at radius 2 is 1.70 bits per heavy atom. The Morgan fingerprint density at radius 1 is 0.957 bits per heavy atom. The fourth-order valence-electron chi connectivity index (χ4n) is 3.08. The Morgan fingerprint density at radius 3 is 2.39 bits per heavy atom. The van der Waals surface area contributed by atoms with Gasteiger partial charge in [-0.2, -0.15) is 0 Å². The van der Waals surface area contributed by atoms with Crippen LogP contribution in [0.4, 0.5) is 0 Å². The van der Waals surface area contributed by atoms with Gasteiger partial charge in [0.15, 0.2) is 0 Å². The number of H-pyrrole nitrogens is 1. The van der Waals surface area contributed by atoms with Gasteiger partial charge in [-0.15, -0.1) is 0 Å². The molecule has 3 heteroatoms. The molecule has 23 heavy (non-hydrogen) atoms. The highest BCUT2D eigenvalue weighted by molar-refractivity contribution is 5.79. The highest BCUT2D eigenvalue weighted by Crippen LogP contribution is 2.22. The van der Waals surface area contributed by atoms with Crippen molar-refractivity contribution in [1.29, 1.82) is 0 Å². The van der Waals surface area contributed by atoms with E-state index in [-0.39, 0.29) is 0 Å². The van der Waals surface area contributed by atoms with E-state index in [2.05, 4.69) is 67.9 Å². The minimum Gasteiger partial charge on any atom is -0.338 e. The molecule has 1 aromatic heterocycles. The third-order valence-corrected chi connectivity index (χ3v) is 4.28. The molecule has 3 nitrogen and oxygen atoms in total. The predicted octanol–water partition coefficient (Wildman–Crippen LogP) is 4.85. The van der Waals surface area contributed by atoms with E-state index in [1.54, 1.807) is 0 Å². The van der Waals surface area contributed by atoms with Gasteiger partial charge in [0.05, 0.1) is 11.0 Å². The third-order valence-electron chi connectivity index (χ3n) is 4.28. The second kappa shape index (κ2) is 6.55. The molecule has 0 atom stereocenters. The molecule has 0 aliphatic rings. The molecule has 0 unspecified atom stereocenters. The summed E-state index contributed by atoms with van der Waals surface area (Å²) in [7, 11) is 0. The van der Waals surface area contributed by atoms with E-state index in [9.17, 15) is 0 Å². The summed E-state index contributed by atoms with van der Waals surface area (Å²) in [6.07, 6.45) is 0. The summed E-state index contributed by atoms with van der Waals surface area (Å²) < 4.78 is 0. The second-order valence-corrected chi connectivity index (χ2v) is 6.66. The van der Waals surface area contributed by atoms with Crippen LogP contribution in [-0.4, -0.2) is 27.0 Å². The van der Waals surface area contributed by atoms with Crippen LogP contribution in [0.2, 0.25) is 0 Å². The number of para-hydroxylation sites is 2. The number of hydrogen-bond donors (Lipinski definition) is 1. The molecule has 0 bridgehead atoms. The lowest BCUT2D eigenvalue weighted by Crippen LogP contribution is -2.36. The average Bonchev–Trinajstić information content (AvgIpc) is 2.96. The van der Waals surface area contributed by atoms with Crippen LogP contribution in [0.25, 0.3) is 22.4 Å². The largest absolute Gasteiger partial charge is 0.338 e. The molecular formula is C20H25N3. The van der Waals surface area contributed by atoms with Gasteiger partial charge in [-0.05, 0) is 51.5 Å². The zero-order valence-electron chi connectivity index (χ0n) is 14.4. The average molecular weight is 307 g/mol. The summed E-state index contributed by atoms with van der Waals surface area (Å²) in [5, 5.41) is 0. The van der Waals surface area contributed by atoms with Crippen LogP contribution >= 0.6 is 0 Å². The van der Waals surface area contributed by atoms with Crippen molar-refractivity contribution < 1.29 is 0 Å². The minimum atomic E-state index is 0.532. The Labute approximate surface area is 138 Å². The molecule has 0 fully saturated rings. The van der Waals surface area contributed by atoms with Crippen LogP contribution in [-0.2, 0) is 6.54 Å². The van der Waals surface area contributed by atoms with Crippen LogP contribution < -0.4 is 0 Å². The number of imidazole rings is 1. The van der Waals surface area contributed by atoms with Gasteiger partial charge >= 0.3 is 0 Å². The topological polar surface area (TPSA) is 31.9 Å². The molecule has 0 saturated heterocycles. The van der Waals surface area contributed by atoms with Crippen molar-refractivity contribution in [2.24, 2.45) is 0 Å². The van der Waals surface area contributed by atoms with E-state index in [0.717, 1.165) is 29.0 Å². The van der Waals surface area contributed by atoms with Crippen LogP contribution in [0, 0.1) is 0 Å². The van der Waals surface area contributed by atoms with Crippen molar-refractivity contribution in [2.75, 3.05) is 0 Å². The SMILES string of the molecule is CC(C)N(Cc1cccc(-c2nc3ccccc3[nH]2)c1)C(C)C. The van der Waals surface area contributed by atoms with E-state index in [1.807, 2.05) is 18.2 Å². The first kappa shape index (κ1) is 15.8. The van der Waals surface area contributed by atoms with E-state index < -0.39 is 0 Å². The molecule has 0 amide bonds. The molecule has 1 N–H and O–H groups in total. The molecule has 0 aliphatic carbocycles. The van der Waals surface area contributed by atoms with Gasteiger partial charge in [-0.25, -0.2) is 4.98 Å². The summed E-state index contributed by atoms with van der Waals surface area (Å²) in [6, 6.07) is 17.9. The maximum absolute atomic E-state index is 4.70. The minimum absolute atomic E-state index is 0.532. The first-order chi connectivity index (χ1) is 11.0. The molecule has 3 rings (SSSR count). The second-order valence-electron chi connectivity index (χ2n) is 6.66. The molecule has 1 heterocycles. The summed E-state index contributed by atoms with van der Waals surface area (Å²) >= 11 is 0. The molecule has 2 aromatic carbocycles. The number of rotatable bonds is 5. The number of nitrogens with zero attached hydrogens (tertiary/aromatic N) is 2. The molecule has 0 saturated carbocycles. The van der Waals surface area contributed by atoms with Gasteiger partial charge in [0.2, 0.25) is 0 Å². The van der Waals surface area contributed by atoms with Gasteiger partial charge in [0.25, 0.3) is 0 Å². The van der Waals surface area contributed by atoms with Gasteiger partial charge in [-0.3, -0.25) is 4.90 Å². The lowest BCUT2D eigenvalue weighted by molar-refractivity contribution is 0.166. The van der Waals surface area contributed by atoms with E-state index >= 15 is 0 Å². The van der Waals surface area contributed by atoms with Gasteiger partial charge in [0.1, 0.15) is 5.82 Å². The van der Waals surface area contributed by atoms with Crippen LogP contribution in [0.1, 0.15) is 33.3 Å². The maximum atomic E-state index is 4.70. The number of aromatic nitrogens is 2. The van der Waals surface area contributed by atoms with Gasteiger partial charge in [-0.1, -0.05) is 30.3 Å². The first-order valence-electron chi connectivity index (χ1n) is 8.34. The standard InChI is InChI=1S/C20H25N3/c1-14(2)23(15(3)4)13-16-8-7-9-17(12-16)20-21-18-10-5-6-11-19(18)22-20/h5-12,14-15H,13H2,1-4H3,(H,21,22). The maximum Gasteiger partial charge on any atom is 0.138 e. The van der Waals surface area contributed by atoms with Crippen molar-refractivity contribution in [1.82, 2.24) is 14.9 Å². The van der Waals surface area contributed by atoms with E-state index in [1.165, 1.54) is 5.56 Å². The van der Waals surface area contributed by atoms with E-state index in [4.69, 9.17) is 4.98 Å². The van der Waals surface area contributed by atoms with Crippen molar-refractivity contribution in [2.45, 2.75) is 46.3 Å². The highest BCUT2D eigenvalue weighted by Gasteiger charge is 2.14. The Kier molecular flexibility index (Phi) is 4.49. The lowest BCUT2D eigenvalue weighted by Gasteiger charge is -2.30. The molecule has 0 aliphatic heterocycles. The molecular weight excluding hydrogens is 282 g/mol. The van der Waals surface area contributed by atoms with Gasteiger partial charge < -0.3 is 4.98 Å². The molecule has 3 aromatic rings. The van der Waals surface area contributed by atoms with Crippen molar-refractivity contribution in [3.8, 4) is 11.4 Å². The van der Waals surface area contributed by atoms with E-state index in [0.29, 0.717) is 12.1 Å². The highest BCUT2D eigenvalue weighted by atomic mass is 15.2. The summed E-state index contributed by atoms with van der Waals surface area (Å²) in [5.41, 5.74) is 4.56. The van der Waals surface area contributed by atoms with Crippen LogP contribution in [0.3, 0.4) is 0 Å². The van der Waals surface area contributed by atoms with Crippen LogP contribution in [0.5, 0.6) is 0 Å². The Balaban J connectivity index is 1.90.